The number of nitro groups is 1. The van der Waals surface area contributed by atoms with E-state index in [-0.39, 0.29) is 10.6 Å². The smallest absolute Gasteiger partial charge is 0.269 e. The van der Waals surface area contributed by atoms with E-state index in [2.05, 4.69) is 4.52 Å². The maximum absolute atomic E-state index is 11.9. The molecule has 1 aromatic rings. The number of hydrogen-bond acceptors (Lipinski definition) is 6. The standard InChI is InChI=1S/C9H12NO6PS/c1-16-17(2,13)7-18(14,15)9-5-3-8(4-6-9)10(11)12/h3-6H,7H2,1-2H3. The SMILES string of the molecule is COP(C)(=O)CS(=O)(=O)c1ccc([N+](=O)[O-])cc1. The van der Waals surface area contributed by atoms with Crippen LogP contribution in [0.5, 0.6) is 0 Å². The Labute approximate surface area is 104 Å². The third-order valence-corrected chi connectivity index (χ3v) is 7.20. The molecule has 9 heteroatoms. The van der Waals surface area contributed by atoms with Crippen LogP contribution in [0, 0.1) is 10.1 Å². The van der Waals surface area contributed by atoms with Gasteiger partial charge in [-0.05, 0) is 12.1 Å². The number of nitro benzene ring substituents is 1. The molecule has 0 amide bonds. The van der Waals surface area contributed by atoms with Crippen molar-refractivity contribution in [2.75, 3.05) is 19.3 Å². The summed E-state index contributed by atoms with van der Waals surface area (Å²) in [6.07, 6.45) is 0. The second-order valence-corrected chi connectivity index (χ2v) is 8.82. The number of nitrogens with zero attached hydrogens (tertiary/aromatic N) is 1. The van der Waals surface area contributed by atoms with Crippen molar-refractivity contribution in [3.63, 3.8) is 0 Å². The van der Waals surface area contributed by atoms with Gasteiger partial charge in [0.05, 0.1) is 9.82 Å². The Morgan fingerprint density at radius 1 is 1.33 bits per heavy atom. The molecule has 0 aliphatic carbocycles. The van der Waals surface area contributed by atoms with Crippen molar-refractivity contribution in [3.05, 3.63) is 34.4 Å². The minimum atomic E-state index is -3.78. The summed E-state index contributed by atoms with van der Waals surface area (Å²) < 4.78 is 40.0. The summed E-state index contributed by atoms with van der Waals surface area (Å²) >= 11 is 0. The average Bonchev–Trinajstić information content (AvgIpc) is 2.28. The maximum atomic E-state index is 11.9. The molecule has 18 heavy (non-hydrogen) atoms. The van der Waals surface area contributed by atoms with E-state index in [0.717, 1.165) is 24.3 Å². The molecular formula is C9H12NO6PS. The number of non-ortho nitro benzene ring substituents is 1. The Bertz CT molecular complexity index is 594. The molecule has 0 heterocycles. The lowest BCUT2D eigenvalue weighted by molar-refractivity contribution is -0.384. The Balaban J connectivity index is 3.07. The molecule has 0 saturated heterocycles. The van der Waals surface area contributed by atoms with Crippen molar-refractivity contribution in [2.24, 2.45) is 0 Å². The molecule has 0 aliphatic heterocycles. The molecule has 1 aromatic carbocycles. The largest absolute Gasteiger partial charge is 0.331 e. The Hall–Kier alpha value is -1.24. The lowest BCUT2D eigenvalue weighted by Crippen LogP contribution is -2.08. The zero-order valence-electron chi connectivity index (χ0n) is 9.77. The van der Waals surface area contributed by atoms with Crippen LogP contribution < -0.4 is 0 Å². The summed E-state index contributed by atoms with van der Waals surface area (Å²) in [6.45, 7) is 1.22. The monoisotopic (exact) mass is 293 g/mol. The van der Waals surface area contributed by atoms with E-state index >= 15 is 0 Å². The van der Waals surface area contributed by atoms with Crippen LogP contribution in [0.4, 0.5) is 5.69 Å². The Morgan fingerprint density at radius 2 is 1.83 bits per heavy atom. The predicted molar refractivity (Wildman–Crippen MR) is 65.7 cm³/mol. The summed E-state index contributed by atoms with van der Waals surface area (Å²) in [6, 6.07) is 4.40. The molecule has 0 aromatic heterocycles. The van der Waals surface area contributed by atoms with Crippen molar-refractivity contribution in [1.29, 1.82) is 0 Å². The first-order chi connectivity index (χ1) is 8.18. The zero-order chi connectivity index (χ0) is 14.0. The van der Waals surface area contributed by atoms with Crippen LogP contribution in [0.2, 0.25) is 0 Å². The highest BCUT2D eigenvalue weighted by molar-refractivity contribution is 7.98. The zero-order valence-corrected chi connectivity index (χ0v) is 11.5. The highest BCUT2D eigenvalue weighted by atomic mass is 32.2. The van der Waals surface area contributed by atoms with Gasteiger partial charge < -0.3 is 4.52 Å². The minimum Gasteiger partial charge on any atom is -0.331 e. The molecule has 1 unspecified atom stereocenters. The molecule has 0 radical (unpaired) electrons. The quantitative estimate of drug-likeness (QED) is 0.466. The van der Waals surface area contributed by atoms with Crippen molar-refractivity contribution < 1.29 is 22.4 Å². The van der Waals surface area contributed by atoms with Gasteiger partial charge in [0, 0.05) is 25.9 Å². The predicted octanol–water partition coefficient (Wildman–Crippen LogP) is 1.88. The Morgan fingerprint density at radius 3 is 2.22 bits per heavy atom. The van der Waals surface area contributed by atoms with Crippen LogP contribution in [0.1, 0.15) is 0 Å². The summed E-state index contributed by atoms with van der Waals surface area (Å²) in [4.78, 5) is 9.68. The fourth-order valence-electron chi connectivity index (χ4n) is 1.21. The van der Waals surface area contributed by atoms with Crippen molar-refractivity contribution in [1.82, 2.24) is 0 Å². The molecule has 0 aliphatic rings. The first kappa shape index (κ1) is 14.8. The highest BCUT2D eigenvalue weighted by Gasteiger charge is 2.26. The molecule has 0 N–H and O–H groups in total. The van der Waals surface area contributed by atoms with Gasteiger partial charge in [0.15, 0.2) is 9.84 Å². The van der Waals surface area contributed by atoms with E-state index in [1.165, 1.54) is 13.8 Å². The molecule has 0 bridgehead atoms. The fourth-order valence-corrected chi connectivity index (χ4v) is 5.25. The van der Waals surface area contributed by atoms with E-state index in [9.17, 15) is 23.1 Å². The molecule has 1 rings (SSSR count). The third-order valence-electron chi connectivity index (χ3n) is 2.20. The van der Waals surface area contributed by atoms with Gasteiger partial charge in [0.25, 0.3) is 5.69 Å². The molecule has 0 saturated carbocycles. The third kappa shape index (κ3) is 3.63. The topological polar surface area (TPSA) is 104 Å². The average molecular weight is 293 g/mol. The van der Waals surface area contributed by atoms with Gasteiger partial charge >= 0.3 is 0 Å². The molecule has 7 nitrogen and oxygen atoms in total. The number of sulfone groups is 1. The van der Waals surface area contributed by atoms with E-state index in [0.29, 0.717) is 0 Å². The van der Waals surface area contributed by atoms with Crippen molar-refractivity contribution >= 4 is 22.9 Å². The summed E-state index contributed by atoms with van der Waals surface area (Å²) in [5, 5.41) is 10.4. The van der Waals surface area contributed by atoms with Gasteiger partial charge in [-0.1, -0.05) is 0 Å². The van der Waals surface area contributed by atoms with E-state index in [1.54, 1.807) is 0 Å². The summed E-state index contributed by atoms with van der Waals surface area (Å²) in [5.41, 5.74) is -0.839. The second-order valence-electron chi connectivity index (χ2n) is 3.69. The van der Waals surface area contributed by atoms with Gasteiger partial charge in [-0.3, -0.25) is 14.7 Å². The first-order valence-corrected chi connectivity index (χ1v) is 8.68. The fraction of sp³-hybridized carbons (Fsp3) is 0.333. The van der Waals surface area contributed by atoms with Gasteiger partial charge in [-0.2, -0.15) is 0 Å². The lowest BCUT2D eigenvalue weighted by atomic mass is 10.3. The van der Waals surface area contributed by atoms with Crippen LogP contribution in [0.25, 0.3) is 0 Å². The van der Waals surface area contributed by atoms with Gasteiger partial charge in [0.2, 0.25) is 7.37 Å². The molecule has 1 atom stereocenters. The van der Waals surface area contributed by atoms with Crippen LogP contribution in [0.15, 0.2) is 29.2 Å². The number of rotatable bonds is 5. The van der Waals surface area contributed by atoms with Crippen molar-refractivity contribution in [3.8, 4) is 0 Å². The molecule has 0 spiro atoms. The molecule has 0 fully saturated rings. The number of hydrogen-bond donors (Lipinski definition) is 0. The van der Waals surface area contributed by atoms with Crippen molar-refractivity contribution in [2.45, 2.75) is 4.90 Å². The van der Waals surface area contributed by atoms with E-state index in [1.807, 2.05) is 0 Å². The summed E-state index contributed by atoms with van der Waals surface area (Å²) in [7, 11) is -5.82. The van der Waals surface area contributed by atoms with Crippen LogP contribution in [-0.4, -0.2) is 32.6 Å². The van der Waals surface area contributed by atoms with Crippen LogP contribution in [0.3, 0.4) is 0 Å². The van der Waals surface area contributed by atoms with Gasteiger partial charge in [-0.15, -0.1) is 0 Å². The van der Waals surface area contributed by atoms with Crippen LogP contribution >= 0.6 is 7.37 Å². The second kappa shape index (κ2) is 5.17. The van der Waals surface area contributed by atoms with Crippen LogP contribution in [-0.2, 0) is 18.9 Å². The molecule has 100 valence electrons. The number of benzene rings is 1. The van der Waals surface area contributed by atoms with Gasteiger partial charge in [-0.25, -0.2) is 8.42 Å². The highest BCUT2D eigenvalue weighted by Crippen LogP contribution is 2.44. The van der Waals surface area contributed by atoms with E-state index in [4.69, 9.17) is 0 Å². The molecular weight excluding hydrogens is 281 g/mol. The van der Waals surface area contributed by atoms with Gasteiger partial charge in [0.1, 0.15) is 5.49 Å². The Kier molecular flexibility index (Phi) is 4.26. The summed E-state index contributed by atoms with van der Waals surface area (Å²) in [5.74, 6) is 0. The van der Waals surface area contributed by atoms with E-state index < -0.39 is 27.6 Å². The first-order valence-electron chi connectivity index (χ1n) is 4.77. The normalized spacial score (nSPS) is 15.0. The lowest BCUT2D eigenvalue weighted by Gasteiger charge is -2.10. The maximum Gasteiger partial charge on any atom is 0.269 e. The minimum absolute atomic E-state index is 0.118.